The predicted molar refractivity (Wildman–Crippen MR) is 161 cm³/mol. The monoisotopic (exact) mass is 579 g/mol. The number of carbonyl (C=O) groups is 3. The summed E-state index contributed by atoms with van der Waals surface area (Å²) in [5, 5.41) is 3.85. The number of fused-ring (bicyclic) bond motifs is 3. The summed E-state index contributed by atoms with van der Waals surface area (Å²) < 4.78 is 17.3. The number of hydrogen-bond donors (Lipinski definition) is 1. The number of hydrogen-bond acceptors (Lipinski definition) is 7. The standard InChI is InChI=1S/C33H45N3O6/c1-8-9-10-11-12-13-26(35-31(39)42-32(4,5)6)29(37)36-20-33(19-27(36)30(38)40-7)17-16-23-24-18-21(2)14-15-25(24)34-22(3)28(23)41-33/h8,14-15,18,26-27H,1,9-13,16-17,19-20H2,2-7H3,(H,35,39)/t26-,27-,33+/m0/s1. The number of rotatable bonds is 9. The Morgan fingerprint density at radius 2 is 2.00 bits per heavy atom. The zero-order valence-corrected chi connectivity index (χ0v) is 25.9. The van der Waals surface area contributed by atoms with Crippen LogP contribution in [0.15, 0.2) is 30.9 Å². The number of aryl methyl sites for hydroxylation is 3. The average Bonchev–Trinajstić information content (AvgIpc) is 3.29. The van der Waals surface area contributed by atoms with E-state index in [0.717, 1.165) is 65.6 Å². The van der Waals surface area contributed by atoms with Crippen LogP contribution in [0.5, 0.6) is 5.75 Å². The molecule has 3 atom stereocenters. The van der Waals surface area contributed by atoms with Gasteiger partial charge < -0.3 is 24.4 Å². The Labute approximate surface area is 249 Å². The lowest BCUT2D eigenvalue weighted by Gasteiger charge is -2.36. The first-order chi connectivity index (χ1) is 19.9. The Hall–Kier alpha value is -3.62. The van der Waals surface area contributed by atoms with E-state index < -0.39 is 35.3 Å². The van der Waals surface area contributed by atoms with Gasteiger partial charge in [0, 0.05) is 17.4 Å². The molecular formula is C33H45N3O6. The molecule has 0 radical (unpaired) electrons. The number of esters is 1. The summed E-state index contributed by atoms with van der Waals surface area (Å²) in [4.78, 5) is 46.2. The number of unbranched alkanes of at least 4 members (excludes halogenated alkanes) is 3. The van der Waals surface area contributed by atoms with Gasteiger partial charge in [-0.25, -0.2) is 14.6 Å². The van der Waals surface area contributed by atoms with Crippen LogP contribution >= 0.6 is 0 Å². The highest BCUT2D eigenvalue weighted by molar-refractivity contribution is 5.91. The number of nitrogens with one attached hydrogen (secondary N) is 1. The highest BCUT2D eigenvalue weighted by atomic mass is 16.6. The second-order valence-electron chi connectivity index (χ2n) is 12.6. The minimum Gasteiger partial charge on any atom is -0.483 e. The molecule has 0 aliphatic carbocycles. The molecule has 4 rings (SSSR count). The maximum Gasteiger partial charge on any atom is 0.408 e. The first kappa shape index (κ1) is 31.3. The first-order valence-electron chi connectivity index (χ1n) is 14.9. The molecule has 42 heavy (non-hydrogen) atoms. The molecule has 2 aromatic rings. The zero-order valence-electron chi connectivity index (χ0n) is 25.9. The van der Waals surface area contributed by atoms with Crippen molar-refractivity contribution in [2.45, 2.75) is 109 Å². The summed E-state index contributed by atoms with van der Waals surface area (Å²) in [7, 11) is 1.32. The fourth-order valence-corrected chi connectivity index (χ4v) is 6.07. The molecule has 2 amide bonds. The third kappa shape index (κ3) is 7.05. The van der Waals surface area contributed by atoms with E-state index in [-0.39, 0.29) is 12.5 Å². The van der Waals surface area contributed by atoms with Crippen LogP contribution in [0.2, 0.25) is 0 Å². The molecule has 1 fully saturated rings. The SMILES string of the molecule is C=CCCCCC[C@H](NC(=O)OC(C)(C)C)C(=O)N1C[C@@]2(CCc3c(c(C)nc4ccc(C)cc34)O2)C[C@H]1C(=O)OC. The first-order valence-corrected chi connectivity index (χ1v) is 14.9. The van der Waals surface area contributed by atoms with Gasteiger partial charge >= 0.3 is 12.1 Å². The number of benzene rings is 1. The summed E-state index contributed by atoms with van der Waals surface area (Å²) in [5.74, 6) is -0.112. The molecule has 2 aliphatic rings. The van der Waals surface area contributed by atoms with Gasteiger partial charge in [0.1, 0.15) is 29.0 Å². The minimum atomic E-state index is -0.850. The van der Waals surface area contributed by atoms with Gasteiger partial charge in [-0.2, -0.15) is 0 Å². The van der Waals surface area contributed by atoms with E-state index in [1.54, 1.807) is 20.8 Å². The maximum absolute atomic E-state index is 14.1. The molecule has 0 unspecified atom stereocenters. The molecule has 9 heteroatoms. The molecule has 0 saturated carbocycles. The van der Waals surface area contributed by atoms with Crippen molar-refractivity contribution >= 4 is 28.9 Å². The Balaban J connectivity index is 1.61. The zero-order chi connectivity index (χ0) is 30.7. The van der Waals surface area contributed by atoms with Gasteiger partial charge in [-0.1, -0.05) is 30.5 Å². The van der Waals surface area contributed by atoms with E-state index in [2.05, 4.69) is 31.0 Å². The molecule has 2 aliphatic heterocycles. The molecule has 3 heterocycles. The van der Waals surface area contributed by atoms with E-state index in [0.29, 0.717) is 19.3 Å². The lowest BCUT2D eigenvalue weighted by molar-refractivity contribution is -0.151. The smallest absolute Gasteiger partial charge is 0.408 e. The molecule has 1 aromatic carbocycles. The van der Waals surface area contributed by atoms with Crippen LogP contribution < -0.4 is 10.1 Å². The van der Waals surface area contributed by atoms with Gasteiger partial charge in [-0.15, -0.1) is 6.58 Å². The van der Waals surface area contributed by atoms with Gasteiger partial charge in [-0.05, 0) is 78.9 Å². The van der Waals surface area contributed by atoms with Crippen molar-refractivity contribution in [1.82, 2.24) is 15.2 Å². The van der Waals surface area contributed by atoms with Crippen molar-refractivity contribution < 1.29 is 28.6 Å². The van der Waals surface area contributed by atoms with E-state index in [4.69, 9.17) is 19.2 Å². The van der Waals surface area contributed by atoms with Gasteiger partial charge in [0.2, 0.25) is 5.91 Å². The third-order valence-corrected chi connectivity index (χ3v) is 8.06. The number of ether oxygens (including phenoxy) is 3. The molecule has 0 bridgehead atoms. The van der Waals surface area contributed by atoms with Crippen LogP contribution in [0.25, 0.3) is 10.9 Å². The highest BCUT2D eigenvalue weighted by Crippen LogP contribution is 2.44. The van der Waals surface area contributed by atoms with E-state index in [1.807, 2.05) is 19.1 Å². The maximum atomic E-state index is 14.1. The van der Waals surface area contributed by atoms with Crippen molar-refractivity contribution in [2.75, 3.05) is 13.7 Å². The predicted octanol–water partition coefficient (Wildman–Crippen LogP) is 5.72. The van der Waals surface area contributed by atoms with E-state index in [9.17, 15) is 14.4 Å². The number of aromatic nitrogens is 1. The van der Waals surface area contributed by atoms with Crippen molar-refractivity contribution in [3.63, 3.8) is 0 Å². The topological polar surface area (TPSA) is 107 Å². The van der Waals surface area contributed by atoms with Crippen LogP contribution in [-0.4, -0.2) is 64.8 Å². The van der Waals surface area contributed by atoms with Crippen LogP contribution in [0, 0.1) is 13.8 Å². The summed E-state index contributed by atoms with van der Waals surface area (Å²) in [5.41, 5.74) is 2.47. The van der Waals surface area contributed by atoms with Crippen LogP contribution in [-0.2, 0) is 25.5 Å². The number of likely N-dealkylation sites (tertiary alicyclic amines) is 1. The Morgan fingerprint density at radius 1 is 1.24 bits per heavy atom. The number of alkyl carbamates (subject to hydrolysis) is 1. The number of nitrogens with zero attached hydrogens (tertiary/aromatic N) is 2. The number of carbonyl (C=O) groups excluding carboxylic acids is 3. The Morgan fingerprint density at radius 3 is 2.69 bits per heavy atom. The average molecular weight is 580 g/mol. The molecule has 228 valence electrons. The molecule has 1 N–H and O–H groups in total. The van der Waals surface area contributed by atoms with Gasteiger partial charge in [0.15, 0.2) is 0 Å². The minimum absolute atomic E-state index is 0.208. The van der Waals surface area contributed by atoms with Gasteiger partial charge in [0.05, 0.1) is 24.9 Å². The van der Waals surface area contributed by atoms with Crippen molar-refractivity contribution in [3.05, 3.63) is 47.7 Å². The fourth-order valence-electron chi connectivity index (χ4n) is 6.07. The Bertz CT molecular complexity index is 1350. The summed E-state index contributed by atoms with van der Waals surface area (Å²) in [6, 6.07) is 4.53. The normalized spacial score (nSPS) is 20.5. The lowest BCUT2D eigenvalue weighted by Crippen LogP contribution is -2.53. The summed E-state index contributed by atoms with van der Waals surface area (Å²) in [6.07, 6.45) is 6.74. The van der Waals surface area contributed by atoms with E-state index >= 15 is 0 Å². The lowest BCUT2D eigenvalue weighted by atomic mass is 9.87. The van der Waals surface area contributed by atoms with Crippen molar-refractivity contribution in [2.24, 2.45) is 0 Å². The van der Waals surface area contributed by atoms with Crippen molar-refractivity contribution in [3.8, 4) is 5.75 Å². The molecule has 1 aromatic heterocycles. The third-order valence-electron chi connectivity index (χ3n) is 8.06. The number of allylic oxidation sites excluding steroid dienone is 1. The van der Waals surface area contributed by atoms with Crippen LogP contribution in [0.3, 0.4) is 0 Å². The number of methoxy groups -OCH3 is 1. The largest absolute Gasteiger partial charge is 0.483 e. The van der Waals surface area contributed by atoms with Crippen molar-refractivity contribution in [1.29, 1.82) is 0 Å². The van der Waals surface area contributed by atoms with Crippen LogP contribution in [0.4, 0.5) is 4.79 Å². The quantitative estimate of drug-likeness (QED) is 0.230. The second-order valence-corrected chi connectivity index (χ2v) is 12.6. The summed E-state index contributed by atoms with van der Waals surface area (Å²) in [6.45, 7) is 13.3. The van der Waals surface area contributed by atoms with Crippen LogP contribution in [0.1, 0.15) is 82.5 Å². The van der Waals surface area contributed by atoms with E-state index in [1.165, 1.54) is 12.0 Å². The van der Waals surface area contributed by atoms with Gasteiger partial charge in [0.25, 0.3) is 0 Å². The highest BCUT2D eigenvalue weighted by Gasteiger charge is 2.53. The number of amides is 2. The number of pyridine rings is 1. The molecule has 1 spiro atoms. The Kier molecular flexibility index (Phi) is 9.48. The molecular weight excluding hydrogens is 534 g/mol. The molecule has 9 nitrogen and oxygen atoms in total. The summed E-state index contributed by atoms with van der Waals surface area (Å²) >= 11 is 0. The second kappa shape index (κ2) is 12.7. The molecule has 1 saturated heterocycles. The van der Waals surface area contributed by atoms with Gasteiger partial charge in [-0.3, -0.25) is 4.79 Å². The fraction of sp³-hybridized carbons (Fsp3) is 0.576.